The van der Waals surface area contributed by atoms with Crippen LogP contribution in [0.15, 0.2) is 30.5 Å². The van der Waals surface area contributed by atoms with Gasteiger partial charge in [-0.3, -0.25) is 9.89 Å². The lowest BCUT2D eigenvalue weighted by molar-refractivity contribution is -0.139. The molecule has 0 unspecified atom stereocenters. The first-order valence-electron chi connectivity index (χ1n) is 6.86. The molecule has 1 atom stereocenters. The number of carbonyl (C=O) groups is 2. The number of carbonyl (C=O) groups excluding carboxylic acids is 1. The third kappa shape index (κ3) is 3.49. The van der Waals surface area contributed by atoms with E-state index >= 15 is 0 Å². The number of aromatic amines is 1. The van der Waals surface area contributed by atoms with Crippen molar-refractivity contribution in [2.75, 3.05) is 0 Å². The lowest BCUT2D eigenvalue weighted by Crippen LogP contribution is -2.40. The first-order chi connectivity index (χ1) is 10.5. The molecule has 3 N–H and O–H groups in total. The molecular formula is C15H16FN3O3. The van der Waals surface area contributed by atoms with Gasteiger partial charge in [-0.15, -0.1) is 0 Å². The van der Waals surface area contributed by atoms with Gasteiger partial charge in [-0.25, -0.2) is 9.18 Å². The van der Waals surface area contributed by atoms with E-state index in [1.54, 1.807) is 0 Å². The van der Waals surface area contributed by atoms with Crippen LogP contribution in [0.2, 0.25) is 0 Å². The first-order valence-corrected chi connectivity index (χ1v) is 6.86. The van der Waals surface area contributed by atoms with Gasteiger partial charge in [0.1, 0.15) is 11.9 Å². The quantitative estimate of drug-likeness (QED) is 0.762. The molecule has 0 bridgehead atoms. The lowest BCUT2D eigenvalue weighted by Gasteiger charge is -2.13. The fourth-order valence-corrected chi connectivity index (χ4v) is 2.08. The van der Waals surface area contributed by atoms with Crippen LogP contribution >= 0.6 is 0 Å². The fraction of sp³-hybridized carbons (Fsp3) is 0.267. The number of nitrogens with zero attached hydrogens (tertiary/aromatic N) is 1. The van der Waals surface area contributed by atoms with E-state index in [1.807, 2.05) is 6.92 Å². The van der Waals surface area contributed by atoms with Gasteiger partial charge in [-0.2, -0.15) is 5.10 Å². The minimum Gasteiger partial charge on any atom is -0.480 e. The second-order valence-electron chi connectivity index (χ2n) is 4.82. The Morgan fingerprint density at radius 3 is 2.64 bits per heavy atom. The largest absolute Gasteiger partial charge is 0.480 e. The van der Waals surface area contributed by atoms with Crippen LogP contribution in [0.25, 0.3) is 11.3 Å². The van der Waals surface area contributed by atoms with Crippen LogP contribution in [-0.4, -0.2) is 33.2 Å². The van der Waals surface area contributed by atoms with E-state index in [2.05, 4.69) is 15.5 Å². The summed E-state index contributed by atoms with van der Waals surface area (Å²) in [6.45, 7) is 1.84. The summed E-state index contributed by atoms with van der Waals surface area (Å²) < 4.78 is 13.0. The van der Waals surface area contributed by atoms with Crippen molar-refractivity contribution in [2.24, 2.45) is 0 Å². The van der Waals surface area contributed by atoms with Gasteiger partial charge in [0.15, 0.2) is 0 Å². The number of hydrogen-bond acceptors (Lipinski definition) is 3. The molecule has 0 radical (unpaired) electrons. The molecule has 2 rings (SSSR count). The Morgan fingerprint density at radius 2 is 2.05 bits per heavy atom. The Labute approximate surface area is 126 Å². The average molecular weight is 305 g/mol. The summed E-state index contributed by atoms with van der Waals surface area (Å²) >= 11 is 0. The van der Waals surface area contributed by atoms with Crippen molar-refractivity contribution in [2.45, 2.75) is 25.8 Å². The van der Waals surface area contributed by atoms with Gasteiger partial charge >= 0.3 is 5.97 Å². The number of halogens is 1. The van der Waals surface area contributed by atoms with Gasteiger partial charge in [-0.1, -0.05) is 13.3 Å². The molecule has 0 fully saturated rings. The van der Waals surface area contributed by atoms with E-state index in [9.17, 15) is 14.0 Å². The average Bonchev–Trinajstić information content (AvgIpc) is 2.97. The Morgan fingerprint density at radius 1 is 1.36 bits per heavy atom. The highest BCUT2D eigenvalue weighted by Crippen LogP contribution is 2.21. The molecule has 116 valence electrons. The summed E-state index contributed by atoms with van der Waals surface area (Å²) in [6.07, 6.45) is 2.29. The Bertz CT molecular complexity index is 667. The Balaban J connectivity index is 2.23. The summed E-state index contributed by atoms with van der Waals surface area (Å²) in [5.74, 6) is -2.00. The van der Waals surface area contributed by atoms with Crippen LogP contribution in [0, 0.1) is 5.82 Å². The number of hydrogen-bond donors (Lipinski definition) is 3. The zero-order valence-corrected chi connectivity index (χ0v) is 12.0. The van der Waals surface area contributed by atoms with E-state index in [-0.39, 0.29) is 11.4 Å². The highest BCUT2D eigenvalue weighted by Gasteiger charge is 2.22. The number of carboxylic acids is 1. The topological polar surface area (TPSA) is 95.1 Å². The highest BCUT2D eigenvalue weighted by molar-refractivity contribution is 6.01. The van der Waals surface area contributed by atoms with Crippen LogP contribution < -0.4 is 5.32 Å². The number of benzene rings is 1. The molecule has 1 amide bonds. The van der Waals surface area contributed by atoms with Crippen molar-refractivity contribution in [3.63, 3.8) is 0 Å². The minimum absolute atomic E-state index is 0.217. The number of aromatic nitrogens is 2. The summed E-state index contributed by atoms with van der Waals surface area (Å²) in [6, 6.07) is 4.62. The fourth-order valence-electron chi connectivity index (χ4n) is 2.08. The molecule has 0 aliphatic rings. The number of nitrogens with one attached hydrogen (secondary N) is 2. The Kier molecular flexibility index (Phi) is 4.88. The maximum Gasteiger partial charge on any atom is 0.326 e. The molecule has 2 aromatic rings. The van der Waals surface area contributed by atoms with Crippen LogP contribution in [0.1, 0.15) is 30.1 Å². The molecule has 0 aliphatic carbocycles. The number of aliphatic carboxylic acids is 1. The summed E-state index contributed by atoms with van der Waals surface area (Å²) in [4.78, 5) is 23.4. The predicted octanol–water partition coefficient (Wildman–Crippen LogP) is 2.20. The first kappa shape index (κ1) is 15.7. The van der Waals surface area contributed by atoms with Gasteiger partial charge < -0.3 is 10.4 Å². The number of carboxylic acid groups (broad SMARTS) is 1. The smallest absolute Gasteiger partial charge is 0.326 e. The Hall–Kier alpha value is -2.70. The number of H-pyrrole nitrogens is 1. The molecule has 1 aromatic heterocycles. The van der Waals surface area contributed by atoms with E-state index in [0.29, 0.717) is 24.1 Å². The van der Waals surface area contributed by atoms with E-state index in [4.69, 9.17) is 5.11 Å². The molecule has 0 aliphatic heterocycles. The second kappa shape index (κ2) is 6.84. The van der Waals surface area contributed by atoms with Crippen molar-refractivity contribution in [1.82, 2.24) is 15.5 Å². The minimum atomic E-state index is -1.08. The van der Waals surface area contributed by atoms with E-state index in [0.717, 1.165) is 0 Å². The molecule has 22 heavy (non-hydrogen) atoms. The standard InChI is InChI=1S/C15H16FN3O3/c1-2-3-12(15(21)22)18-14(20)11-8-17-19-13(11)9-4-6-10(16)7-5-9/h4-8,12H,2-3H2,1H3,(H,17,19)(H,18,20)(H,21,22)/t12-/m1/s1. The van der Waals surface area contributed by atoms with Gasteiger partial charge in [0.05, 0.1) is 17.5 Å². The maximum absolute atomic E-state index is 13.0. The number of amides is 1. The zero-order valence-electron chi connectivity index (χ0n) is 12.0. The molecule has 6 nitrogen and oxygen atoms in total. The molecule has 1 aromatic carbocycles. The second-order valence-corrected chi connectivity index (χ2v) is 4.82. The normalized spacial score (nSPS) is 11.9. The van der Waals surface area contributed by atoms with Gasteiger partial charge in [0.25, 0.3) is 5.91 Å². The zero-order chi connectivity index (χ0) is 16.1. The monoisotopic (exact) mass is 305 g/mol. The van der Waals surface area contributed by atoms with Crippen LogP contribution in [-0.2, 0) is 4.79 Å². The number of rotatable bonds is 6. The molecule has 7 heteroatoms. The SMILES string of the molecule is CCC[C@@H](NC(=O)c1cn[nH]c1-c1ccc(F)cc1)C(=O)O. The molecule has 0 saturated heterocycles. The van der Waals surface area contributed by atoms with Gasteiger partial charge in [0.2, 0.25) is 0 Å². The van der Waals surface area contributed by atoms with Gasteiger partial charge in [0, 0.05) is 5.56 Å². The van der Waals surface area contributed by atoms with Crippen molar-refractivity contribution in [3.05, 3.63) is 41.8 Å². The summed E-state index contributed by atoms with van der Waals surface area (Å²) in [5, 5.41) is 18.0. The van der Waals surface area contributed by atoms with Crippen LogP contribution in [0.4, 0.5) is 4.39 Å². The highest BCUT2D eigenvalue weighted by atomic mass is 19.1. The third-order valence-corrected chi connectivity index (χ3v) is 3.20. The molecule has 0 spiro atoms. The predicted molar refractivity (Wildman–Crippen MR) is 77.8 cm³/mol. The van der Waals surface area contributed by atoms with Crippen LogP contribution in [0.5, 0.6) is 0 Å². The maximum atomic E-state index is 13.0. The molecule has 0 saturated carbocycles. The lowest BCUT2D eigenvalue weighted by atomic mass is 10.1. The van der Waals surface area contributed by atoms with Crippen LogP contribution in [0.3, 0.4) is 0 Å². The van der Waals surface area contributed by atoms with Crippen molar-refractivity contribution < 1.29 is 19.1 Å². The van der Waals surface area contributed by atoms with E-state index < -0.39 is 17.9 Å². The summed E-state index contributed by atoms with van der Waals surface area (Å²) in [5.41, 5.74) is 1.22. The molecule has 1 heterocycles. The van der Waals surface area contributed by atoms with Gasteiger partial charge in [-0.05, 0) is 30.7 Å². The van der Waals surface area contributed by atoms with Crippen molar-refractivity contribution >= 4 is 11.9 Å². The van der Waals surface area contributed by atoms with E-state index in [1.165, 1.54) is 30.5 Å². The van der Waals surface area contributed by atoms with Crippen molar-refractivity contribution in [3.8, 4) is 11.3 Å². The molecular weight excluding hydrogens is 289 g/mol. The summed E-state index contributed by atoms with van der Waals surface area (Å²) in [7, 11) is 0. The third-order valence-electron chi connectivity index (χ3n) is 3.20. The van der Waals surface area contributed by atoms with Crippen molar-refractivity contribution in [1.29, 1.82) is 0 Å².